The van der Waals surface area contributed by atoms with Crippen LogP contribution >= 0.6 is 0 Å². The van der Waals surface area contributed by atoms with Crippen LogP contribution in [-0.2, 0) is 0 Å². The normalized spacial score (nSPS) is 25.7. The first-order chi connectivity index (χ1) is 8.74. The second kappa shape index (κ2) is 6.24. The van der Waals surface area contributed by atoms with Gasteiger partial charge in [0, 0.05) is 6.04 Å². The van der Waals surface area contributed by atoms with Gasteiger partial charge >= 0.3 is 0 Å². The molecule has 1 aliphatic carbocycles. The van der Waals surface area contributed by atoms with Gasteiger partial charge in [-0.1, -0.05) is 31.9 Å². The predicted octanol–water partition coefficient (Wildman–Crippen LogP) is 3.78. The summed E-state index contributed by atoms with van der Waals surface area (Å²) in [5.41, 5.74) is 1.36. The molecule has 2 rings (SSSR count). The van der Waals surface area contributed by atoms with Gasteiger partial charge in [-0.05, 0) is 49.4 Å². The molecule has 3 unspecified atom stereocenters. The van der Waals surface area contributed by atoms with Crippen molar-refractivity contribution in [1.29, 1.82) is 0 Å². The van der Waals surface area contributed by atoms with Crippen LogP contribution in [0.3, 0.4) is 0 Å². The van der Waals surface area contributed by atoms with Gasteiger partial charge < -0.3 is 10.1 Å². The van der Waals surface area contributed by atoms with E-state index in [4.69, 9.17) is 4.74 Å². The molecule has 0 bridgehead atoms. The van der Waals surface area contributed by atoms with Gasteiger partial charge in [-0.2, -0.15) is 0 Å². The van der Waals surface area contributed by atoms with Gasteiger partial charge in [0.15, 0.2) is 0 Å². The second-order valence-electron chi connectivity index (χ2n) is 5.57. The Morgan fingerprint density at radius 3 is 2.83 bits per heavy atom. The van der Waals surface area contributed by atoms with Crippen LogP contribution in [0.15, 0.2) is 24.3 Å². The Balaban J connectivity index is 2.16. The Kier molecular flexibility index (Phi) is 4.65. The summed E-state index contributed by atoms with van der Waals surface area (Å²) in [6.45, 7) is 2.38. The third-order valence-electron chi connectivity index (χ3n) is 4.21. The van der Waals surface area contributed by atoms with Crippen LogP contribution in [0.25, 0.3) is 0 Å². The highest BCUT2D eigenvalue weighted by molar-refractivity contribution is 5.31. The van der Waals surface area contributed by atoms with Gasteiger partial charge in [-0.3, -0.25) is 0 Å². The molecule has 1 aromatic carbocycles. The molecule has 3 atom stereocenters. The van der Waals surface area contributed by atoms with Gasteiger partial charge in [-0.25, -0.2) is 0 Å². The Morgan fingerprint density at radius 2 is 2.17 bits per heavy atom. The van der Waals surface area contributed by atoms with Gasteiger partial charge in [-0.15, -0.1) is 0 Å². The minimum Gasteiger partial charge on any atom is -0.497 e. The second-order valence-corrected chi connectivity index (χ2v) is 5.57. The lowest BCUT2D eigenvalue weighted by molar-refractivity contribution is 0.229. The molecular weight excluding hydrogens is 222 g/mol. The monoisotopic (exact) mass is 247 g/mol. The lowest BCUT2D eigenvalue weighted by Gasteiger charge is -2.33. The number of hydrogen-bond acceptors (Lipinski definition) is 2. The molecule has 0 aromatic heterocycles. The van der Waals surface area contributed by atoms with E-state index < -0.39 is 0 Å². The van der Waals surface area contributed by atoms with Gasteiger partial charge in [0.25, 0.3) is 0 Å². The summed E-state index contributed by atoms with van der Waals surface area (Å²) in [6, 6.07) is 8.94. The first-order valence-corrected chi connectivity index (χ1v) is 7.05. The van der Waals surface area contributed by atoms with E-state index >= 15 is 0 Å². The van der Waals surface area contributed by atoms with Crippen molar-refractivity contribution in [2.75, 3.05) is 14.2 Å². The topological polar surface area (TPSA) is 21.3 Å². The number of methoxy groups -OCH3 is 1. The van der Waals surface area contributed by atoms with Crippen LogP contribution < -0.4 is 10.1 Å². The third kappa shape index (κ3) is 3.05. The van der Waals surface area contributed by atoms with Gasteiger partial charge in [0.2, 0.25) is 0 Å². The molecular formula is C16H25NO. The van der Waals surface area contributed by atoms with Crippen molar-refractivity contribution in [3.8, 4) is 5.75 Å². The summed E-state index contributed by atoms with van der Waals surface area (Å²) in [4.78, 5) is 0. The SMILES string of the molecule is CNC(c1cccc(OC)c1)C1CCCC(C)C1. The Bertz CT molecular complexity index is 377. The molecule has 2 nitrogen and oxygen atoms in total. The van der Waals surface area contributed by atoms with Crippen LogP contribution in [0, 0.1) is 11.8 Å². The van der Waals surface area contributed by atoms with Crippen molar-refractivity contribution in [3.05, 3.63) is 29.8 Å². The summed E-state index contributed by atoms with van der Waals surface area (Å²) in [6.07, 6.45) is 5.44. The van der Waals surface area contributed by atoms with Crippen molar-refractivity contribution >= 4 is 0 Å². The minimum absolute atomic E-state index is 0.461. The Labute approximate surface area is 111 Å². The van der Waals surface area contributed by atoms with E-state index in [2.05, 4.69) is 37.5 Å². The summed E-state index contributed by atoms with van der Waals surface area (Å²) < 4.78 is 5.33. The van der Waals surface area contributed by atoms with Crippen LogP contribution in [-0.4, -0.2) is 14.2 Å². The molecule has 1 fully saturated rings. The number of hydrogen-bond donors (Lipinski definition) is 1. The zero-order valence-corrected chi connectivity index (χ0v) is 11.8. The van der Waals surface area contributed by atoms with Crippen molar-refractivity contribution in [1.82, 2.24) is 5.32 Å². The summed E-state index contributed by atoms with van der Waals surface area (Å²) in [5, 5.41) is 3.50. The maximum absolute atomic E-state index is 5.33. The highest BCUT2D eigenvalue weighted by Crippen LogP contribution is 2.37. The summed E-state index contributed by atoms with van der Waals surface area (Å²) in [5.74, 6) is 2.58. The van der Waals surface area contributed by atoms with Crippen LogP contribution in [0.4, 0.5) is 0 Å². The first-order valence-electron chi connectivity index (χ1n) is 7.05. The first kappa shape index (κ1) is 13.4. The number of benzene rings is 1. The van der Waals surface area contributed by atoms with Gasteiger partial charge in [0.05, 0.1) is 7.11 Å². The molecule has 0 radical (unpaired) electrons. The molecule has 1 aliphatic rings. The average molecular weight is 247 g/mol. The molecule has 1 aromatic rings. The molecule has 1 N–H and O–H groups in total. The predicted molar refractivity (Wildman–Crippen MR) is 75.9 cm³/mol. The average Bonchev–Trinajstić information content (AvgIpc) is 2.40. The Hall–Kier alpha value is -1.02. The zero-order valence-electron chi connectivity index (χ0n) is 11.8. The Morgan fingerprint density at radius 1 is 1.33 bits per heavy atom. The molecule has 0 aliphatic heterocycles. The third-order valence-corrected chi connectivity index (χ3v) is 4.21. The molecule has 18 heavy (non-hydrogen) atoms. The lowest BCUT2D eigenvalue weighted by atomic mass is 9.77. The molecule has 0 spiro atoms. The summed E-state index contributed by atoms with van der Waals surface area (Å²) >= 11 is 0. The largest absolute Gasteiger partial charge is 0.497 e. The molecule has 0 saturated heterocycles. The molecule has 1 saturated carbocycles. The summed E-state index contributed by atoms with van der Waals surface area (Å²) in [7, 11) is 3.81. The fraction of sp³-hybridized carbons (Fsp3) is 0.625. The fourth-order valence-corrected chi connectivity index (χ4v) is 3.29. The molecule has 100 valence electrons. The van der Waals surface area contributed by atoms with Crippen LogP contribution in [0.2, 0.25) is 0 Å². The highest BCUT2D eigenvalue weighted by atomic mass is 16.5. The number of rotatable bonds is 4. The maximum atomic E-state index is 5.33. The van der Waals surface area contributed by atoms with E-state index in [9.17, 15) is 0 Å². The molecule has 0 heterocycles. The van der Waals surface area contributed by atoms with E-state index in [1.807, 2.05) is 6.07 Å². The van der Waals surface area contributed by atoms with E-state index in [0.29, 0.717) is 6.04 Å². The zero-order chi connectivity index (χ0) is 13.0. The van der Waals surface area contributed by atoms with Crippen molar-refractivity contribution < 1.29 is 4.74 Å². The minimum atomic E-state index is 0.461. The highest BCUT2D eigenvalue weighted by Gasteiger charge is 2.26. The van der Waals surface area contributed by atoms with E-state index in [-0.39, 0.29) is 0 Å². The van der Waals surface area contributed by atoms with E-state index in [1.54, 1.807) is 7.11 Å². The van der Waals surface area contributed by atoms with Crippen LogP contribution in [0.1, 0.15) is 44.2 Å². The van der Waals surface area contributed by atoms with Crippen molar-refractivity contribution in [2.45, 2.75) is 38.6 Å². The fourth-order valence-electron chi connectivity index (χ4n) is 3.29. The van der Waals surface area contributed by atoms with E-state index in [0.717, 1.165) is 17.6 Å². The van der Waals surface area contributed by atoms with E-state index in [1.165, 1.54) is 31.2 Å². The standard InChI is InChI=1S/C16H25NO/c1-12-6-4-7-13(10-12)16(17-2)14-8-5-9-15(11-14)18-3/h5,8-9,11-13,16-17H,4,6-7,10H2,1-3H3. The number of nitrogens with one attached hydrogen (secondary N) is 1. The smallest absolute Gasteiger partial charge is 0.119 e. The lowest BCUT2D eigenvalue weighted by Crippen LogP contribution is -2.28. The molecule has 2 heteroatoms. The van der Waals surface area contributed by atoms with Crippen molar-refractivity contribution in [3.63, 3.8) is 0 Å². The van der Waals surface area contributed by atoms with Crippen LogP contribution in [0.5, 0.6) is 5.75 Å². The number of ether oxygens (including phenoxy) is 1. The quantitative estimate of drug-likeness (QED) is 0.874. The van der Waals surface area contributed by atoms with Crippen molar-refractivity contribution in [2.24, 2.45) is 11.8 Å². The maximum Gasteiger partial charge on any atom is 0.119 e. The molecule has 0 amide bonds. The van der Waals surface area contributed by atoms with Gasteiger partial charge in [0.1, 0.15) is 5.75 Å².